The maximum absolute atomic E-state index is 12.6. The fourth-order valence-electron chi connectivity index (χ4n) is 3.67. The van der Waals surface area contributed by atoms with Gasteiger partial charge in [0.1, 0.15) is 5.82 Å². The van der Waals surface area contributed by atoms with Crippen LogP contribution in [0.4, 0.5) is 5.82 Å². The van der Waals surface area contributed by atoms with E-state index in [2.05, 4.69) is 15.3 Å². The largest absolute Gasteiger partial charge is 0.353 e. The number of ether oxygens (including phenoxy) is 2. The summed E-state index contributed by atoms with van der Waals surface area (Å²) in [6.07, 6.45) is 5.82. The van der Waals surface area contributed by atoms with Crippen molar-refractivity contribution < 1.29 is 14.3 Å². The predicted molar refractivity (Wildman–Crippen MR) is 109 cm³/mol. The number of rotatable bonds is 7. The first kappa shape index (κ1) is 21.3. The van der Waals surface area contributed by atoms with Crippen molar-refractivity contribution in [3.8, 4) is 0 Å². The van der Waals surface area contributed by atoms with Gasteiger partial charge in [0.15, 0.2) is 6.29 Å². The minimum absolute atomic E-state index is 0.0529. The fraction of sp³-hybridized carbons (Fsp3) is 0.750. The lowest BCUT2D eigenvalue weighted by Crippen LogP contribution is -2.47. The van der Waals surface area contributed by atoms with Crippen LogP contribution in [0.15, 0.2) is 0 Å². The molecule has 1 atom stereocenters. The van der Waals surface area contributed by atoms with Crippen LogP contribution in [0.1, 0.15) is 57.7 Å². The van der Waals surface area contributed by atoms with E-state index in [9.17, 15) is 4.79 Å². The molecule has 7 nitrogen and oxygen atoms in total. The number of hydrogen-bond donors (Lipinski definition) is 1. The molecule has 1 amide bonds. The number of aromatic nitrogens is 2. The molecule has 28 heavy (non-hydrogen) atoms. The first-order valence-electron chi connectivity index (χ1n) is 10.2. The first-order valence-corrected chi connectivity index (χ1v) is 10.5. The molecule has 1 saturated heterocycles. The van der Waals surface area contributed by atoms with Crippen LogP contribution in [-0.2, 0) is 27.1 Å². The average Bonchev–Trinajstić information content (AvgIpc) is 3.08. The highest BCUT2D eigenvalue weighted by molar-refractivity contribution is 6.28. The summed E-state index contributed by atoms with van der Waals surface area (Å²) < 4.78 is 11.5. The van der Waals surface area contributed by atoms with E-state index in [-0.39, 0.29) is 29.6 Å². The van der Waals surface area contributed by atoms with Gasteiger partial charge in [-0.15, -0.1) is 0 Å². The number of fused-ring (bicyclic) bond motifs is 1. The smallest absolute Gasteiger partial charge is 0.239 e. The molecule has 0 radical (unpaired) electrons. The van der Waals surface area contributed by atoms with E-state index in [1.165, 1.54) is 0 Å². The van der Waals surface area contributed by atoms with Crippen LogP contribution in [-0.4, -0.2) is 54.0 Å². The summed E-state index contributed by atoms with van der Waals surface area (Å²) in [7, 11) is 0. The molecule has 2 heterocycles. The lowest BCUT2D eigenvalue weighted by molar-refractivity contribution is -0.160. The Morgan fingerprint density at radius 2 is 2.11 bits per heavy atom. The van der Waals surface area contributed by atoms with Crippen LogP contribution in [0.3, 0.4) is 0 Å². The molecule has 0 bridgehead atoms. The predicted octanol–water partition coefficient (Wildman–Crippen LogP) is 2.88. The quantitative estimate of drug-likeness (QED) is 0.696. The summed E-state index contributed by atoms with van der Waals surface area (Å²) in [6, 6.07) is 0. The van der Waals surface area contributed by atoms with Gasteiger partial charge in [0.25, 0.3) is 0 Å². The molecule has 0 spiro atoms. The molecule has 1 aromatic rings. The van der Waals surface area contributed by atoms with Crippen molar-refractivity contribution in [1.29, 1.82) is 0 Å². The lowest BCUT2D eigenvalue weighted by Gasteiger charge is -2.29. The zero-order valence-corrected chi connectivity index (χ0v) is 17.8. The summed E-state index contributed by atoms with van der Waals surface area (Å²) in [6.45, 7) is 7.86. The Morgan fingerprint density at radius 3 is 2.82 bits per heavy atom. The molecule has 1 unspecified atom stereocenters. The van der Waals surface area contributed by atoms with Crippen molar-refractivity contribution in [3.63, 3.8) is 0 Å². The molecule has 0 saturated carbocycles. The van der Waals surface area contributed by atoms with Gasteiger partial charge in [-0.1, -0.05) is 0 Å². The highest BCUT2D eigenvalue weighted by atomic mass is 35.5. The molecule has 1 aliphatic heterocycles. The Morgan fingerprint density at radius 1 is 1.29 bits per heavy atom. The van der Waals surface area contributed by atoms with E-state index in [1.807, 2.05) is 25.7 Å². The Kier molecular flexibility index (Phi) is 7.12. The zero-order valence-electron chi connectivity index (χ0n) is 17.1. The van der Waals surface area contributed by atoms with Crippen molar-refractivity contribution in [2.24, 2.45) is 0 Å². The molecule has 1 N–H and O–H groups in total. The monoisotopic (exact) mass is 410 g/mol. The van der Waals surface area contributed by atoms with Gasteiger partial charge in [-0.3, -0.25) is 4.79 Å². The minimum atomic E-state index is -0.291. The average molecular weight is 411 g/mol. The first-order chi connectivity index (χ1) is 13.3. The van der Waals surface area contributed by atoms with Gasteiger partial charge >= 0.3 is 0 Å². The zero-order chi connectivity index (χ0) is 20.1. The third kappa shape index (κ3) is 6.03. The fourth-order valence-corrected chi connectivity index (χ4v) is 3.85. The molecule has 1 fully saturated rings. The second-order valence-corrected chi connectivity index (χ2v) is 8.82. The number of carbonyl (C=O) groups is 1. The molecule has 1 aromatic heterocycles. The van der Waals surface area contributed by atoms with Crippen LogP contribution in [0.25, 0.3) is 0 Å². The molecule has 2 aliphatic rings. The third-order valence-electron chi connectivity index (χ3n) is 4.84. The number of nitrogens with one attached hydrogen (secondary N) is 1. The SMILES string of the molecule is CC(C)(C)NC(=O)CN(CCOC1CCCCO1)c1nc(Cl)nc2c1CCC2. The molecule has 1 aliphatic carbocycles. The Hall–Kier alpha value is -1.44. The van der Waals surface area contributed by atoms with E-state index < -0.39 is 0 Å². The Balaban J connectivity index is 1.72. The molecule has 3 rings (SSSR count). The minimum Gasteiger partial charge on any atom is -0.353 e. The summed E-state index contributed by atoms with van der Waals surface area (Å²) in [5.74, 6) is 0.701. The standard InChI is InChI=1S/C20H31ClN4O3/c1-20(2,3)24-16(26)13-25(10-12-28-17-9-4-5-11-27-17)18-14-7-6-8-15(14)22-19(21)23-18/h17H,4-13H2,1-3H3,(H,24,26). The van der Waals surface area contributed by atoms with Crippen molar-refractivity contribution in [3.05, 3.63) is 16.5 Å². The maximum Gasteiger partial charge on any atom is 0.239 e. The van der Waals surface area contributed by atoms with Gasteiger partial charge in [-0.2, -0.15) is 0 Å². The summed E-state index contributed by atoms with van der Waals surface area (Å²) in [4.78, 5) is 23.4. The Labute approximate surface area is 172 Å². The van der Waals surface area contributed by atoms with E-state index in [4.69, 9.17) is 21.1 Å². The molecular weight excluding hydrogens is 380 g/mol. The second kappa shape index (κ2) is 9.37. The maximum atomic E-state index is 12.6. The number of aryl methyl sites for hydroxylation is 1. The van der Waals surface area contributed by atoms with E-state index >= 15 is 0 Å². The highest BCUT2D eigenvalue weighted by Gasteiger charge is 2.25. The van der Waals surface area contributed by atoms with Gasteiger partial charge in [-0.05, 0) is 70.9 Å². The van der Waals surface area contributed by atoms with Crippen molar-refractivity contribution in [2.75, 3.05) is 31.2 Å². The van der Waals surface area contributed by atoms with Crippen LogP contribution >= 0.6 is 11.6 Å². The third-order valence-corrected chi connectivity index (χ3v) is 5.00. The van der Waals surface area contributed by atoms with E-state index in [0.717, 1.165) is 62.2 Å². The molecular formula is C20H31ClN4O3. The topological polar surface area (TPSA) is 76.6 Å². The molecule has 0 aromatic carbocycles. The van der Waals surface area contributed by atoms with E-state index in [1.54, 1.807) is 0 Å². The Bertz CT molecular complexity index is 687. The van der Waals surface area contributed by atoms with Crippen LogP contribution in [0, 0.1) is 0 Å². The number of halogens is 1. The van der Waals surface area contributed by atoms with Gasteiger partial charge in [0.05, 0.1) is 18.8 Å². The summed E-state index contributed by atoms with van der Waals surface area (Å²) in [5.41, 5.74) is 1.80. The number of nitrogens with zero attached hydrogens (tertiary/aromatic N) is 3. The van der Waals surface area contributed by atoms with Gasteiger partial charge in [-0.25, -0.2) is 9.97 Å². The van der Waals surface area contributed by atoms with Gasteiger partial charge < -0.3 is 19.7 Å². The van der Waals surface area contributed by atoms with Crippen LogP contribution < -0.4 is 10.2 Å². The van der Waals surface area contributed by atoms with Crippen LogP contribution in [0.2, 0.25) is 5.28 Å². The number of anilines is 1. The number of hydrogen-bond acceptors (Lipinski definition) is 6. The second-order valence-electron chi connectivity index (χ2n) is 8.48. The van der Waals surface area contributed by atoms with Crippen molar-refractivity contribution >= 4 is 23.3 Å². The molecule has 156 valence electrons. The lowest BCUT2D eigenvalue weighted by atomic mass is 10.1. The van der Waals surface area contributed by atoms with Gasteiger partial charge in [0, 0.05) is 24.3 Å². The number of carbonyl (C=O) groups excluding carboxylic acids is 1. The van der Waals surface area contributed by atoms with Crippen molar-refractivity contribution in [1.82, 2.24) is 15.3 Å². The van der Waals surface area contributed by atoms with E-state index in [0.29, 0.717) is 13.2 Å². The highest BCUT2D eigenvalue weighted by Crippen LogP contribution is 2.30. The van der Waals surface area contributed by atoms with Crippen LogP contribution in [0.5, 0.6) is 0 Å². The molecule has 8 heteroatoms. The van der Waals surface area contributed by atoms with Crippen molar-refractivity contribution in [2.45, 2.75) is 71.1 Å². The normalized spacial score (nSPS) is 19.4. The summed E-state index contributed by atoms with van der Waals surface area (Å²) >= 11 is 6.17. The summed E-state index contributed by atoms with van der Waals surface area (Å²) in [5, 5.41) is 3.25. The number of amides is 1. The van der Waals surface area contributed by atoms with Gasteiger partial charge in [0.2, 0.25) is 11.2 Å².